The lowest BCUT2D eigenvalue weighted by molar-refractivity contribution is 0.466. The minimum Gasteiger partial charge on any atom is -0.103 e. The summed E-state index contributed by atoms with van der Waals surface area (Å²) in [5.74, 6) is 0.797. The van der Waals surface area contributed by atoms with Gasteiger partial charge in [-0.15, -0.1) is 6.58 Å². The van der Waals surface area contributed by atoms with Crippen molar-refractivity contribution in [2.24, 2.45) is 5.92 Å². The monoisotopic (exact) mass is 222 g/mol. The maximum Gasteiger partial charge on any atom is -0.0149 e. The average Bonchev–Trinajstić information content (AvgIpc) is 2.39. The fourth-order valence-electron chi connectivity index (χ4n) is 3.04. The molecule has 0 saturated heterocycles. The van der Waals surface area contributed by atoms with E-state index >= 15 is 0 Å². The molecule has 2 aromatic rings. The molecule has 3 rings (SSSR count). The van der Waals surface area contributed by atoms with Gasteiger partial charge in [-0.25, -0.2) is 0 Å². The lowest BCUT2D eigenvalue weighted by atomic mass is 9.80. The second-order valence-corrected chi connectivity index (χ2v) is 5.06. The molecule has 0 fully saturated rings. The summed E-state index contributed by atoms with van der Waals surface area (Å²) in [7, 11) is 0. The maximum absolute atomic E-state index is 3.87. The molecule has 1 aliphatic rings. The quantitative estimate of drug-likeness (QED) is 0.655. The first-order valence-electron chi connectivity index (χ1n) is 6.49. The van der Waals surface area contributed by atoms with Crippen molar-refractivity contribution in [2.45, 2.75) is 25.7 Å². The lowest BCUT2D eigenvalue weighted by Crippen LogP contribution is -2.13. The number of hydrogen-bond acceptors (Lipinski definition) is 0. The Labute approximate surface area is 103 Å². The summed E-state index contributed by atoms with van der Waals surface area (Å²) in [6, 6.07) is 13.3. The van der Waals surface area contributed by atoms with E-state index in [0.717, 1.165) is 12.3 Å². The molecule has 86 valence electrons. The molecule has 0 bridgehead atoms. The van der Waals surface area contributed by atoms with Crippen LogP contribution in [0.1, 0.15) is 24.0 Å². The van der Waals surface area contributed by atoms with E-state index in [2.05, 4.69) is 49.1 Å². The van der Waals surface area contributed by atoms with Gasteiger partial charge < -0.3 is 0 Å². The number of aryl methyl sites for hydroxylation is 1. The molecule has 0 amide bonds. The first-order valence-corrected chi connectivity index (χ1v) is 6.49. The number of rotatable bonds is 2. The predicted octanol–water partition coefficient (Wildman–Crippen LogP) is 4.52. The molecule has 0 N–H and O–H groups in total. The summed E-state index contributed by atoms with van der Waals surface area (Å²) < 4.78 is 0. The third-order valence-electron chi connectivity index (χ3n) is 3.95. The van der Waals surface area contributed by atoms with Crippen LogP contribution in [0.25, 0.3) is 10.8 Å². The Hall–Kier alpha value is -1.56. The van der Waals surface area contributed by atoms with E-state index in [0.29, 0.717) is 0 Å². The summed E-state index contributed by atoms with van der Waals surface area (Å²) in [6.45, 7) is 3.87. The van der Waals surface area contributed by atoms with Gasteiger partial charge in [-0.1, -0.05) is 42.5 Å². The molecule has 0 spiro atoms. The second kappa shape index (κ2) is 4.37. The Bertz CT molecular complexity index is 551. The SMILES string of the molecule is C=CCC1CCc2ccc3ccccc3c2C1. The van der Waals surface area contributed by atoms with Crippen LogP contribution in [-0.2, 0) is 12.8 Å². The van der Waals surface area contributed by atoms with Crippen molar-refractivity contribution < 1.29 is 0 Å². The average molecular weight is 222 g/mol. The van der Waals surface area contributed by atoms with Crippen LogP contribution in [0.5, 0.6) is 0 Å². The highest BCUT2D eigenvalue weighted by molar-refractivity contribution is 5.87. The van der Waals surface area contributed by atoms with Gasteiger partial charge in [0.15, 0.2) is 0 Å². The van der Waals surface area contributed by atoms with Crippen molar-refractivity contribution in [1.82, 2.24) is 0 Å². The predicted molar refractivity (Wildman–Crippen MR) is 74.3 cm³/mol. The van der Waals surface area contributed by atoms with E-state index in [9.17, 15) is 0 Å². The van der Waals surface area contributed by atoms with Crippen LogP contribution in [0.15, 0.2) is 49.1 Å². The Balaban J connectivity index is 2.09. The van der Waals surface area contributed by atoms with Gasteiger partial charge in [0.25, 0.3) is 0 Å². The highest BCUT2D eigenvalue weighted by Crippen LogP contribution is 2.32. The van der Waals surface area contributed by atoms with Crippen LogP contribution in [-0.4, -0.2) is 0 Å². The molecule has 0 heteroatoms. The number of benzene rings is 2. The van der Waals surface area contributed by atoms with Gasteiger partial charge in [0.05, 0.1) is 0 Å². The first-order chi connectivity index (χ1) is 8.38. The molecule has 0 nitrogen and oxygen atoms in total. The van der Waals surface area contributed by atoms with Gasteiger partial charge in [-0.3, -0.25) is 0 Å². The van der Waals surface area contributed by atoms with E-state index in [1.165, 1.54) is 30.0 Å². The van der Waals surface area contributed by atoms with Gasteiger partial charge >= 0.3 is 0 Å². The second-order valence-electron chi connectivity index (χ2n) is 5.06. The summed E-state index contributed by atoms with van der Waals surface area (Å²) in [5.41, 5.74) is 3.14. The number of hydrogen-bond donors (Lipinski definition) is 0. The van der Waals surface area contributed by atoms with Crippen LogP contribution < -0.4 is 0 Å². The Morgan fingerprint density at radius 1 is 1.18 bits per heavy atom. The van der Waals surface area contributed by atoms with Crippen LogP contribution in [0, 0.1) is 5.92 Å². The lowest BCUT2D eigenvalue weighted by Gasteiger charge is -2.25. The normalized spacial score (nSPS) is 18.9. The van der Waals surface area contributed by atoms with E-state index < -0.39 is 0 Å². The summed E-state index contributed by atoms with van der Waals surface area (Å²) >= 11 is 0. The molecule has 0 radical (unpaired) electrons. The van der Waals surface area contributed by atoms with E-state index in [-0.39, 0.29) is 0 Å². The van der Waals surface area contributed by atoms with Crippen LogP contribution in [0.3, 0.4) is 0 Å². The molecular formula is C17H18. The molecule has 0 aromatic heterocycles. The van der Waals surface area contributed by atoms with E-state index in [4.69, 9.17) is 0 Å². The van der Waals surface area contributed by atoms with Crippen molar-refractivity contribution in [2.75, 3.05) is 0 Å². The smallest absolute Gasteiger partial charge is 0.0149 e. The summed E-state index contributed by atoms with van der Waals surface area (Å²) in [6.07, 6.45) is 7.00. The summed E-state index contributed by atoms with van der Waals surface area (Å²) in [5, 5.41) is 2.84. The standard InChI is InChI=1S/C17H18/c1-2-5-13-8-9-15-11-10-14-6-3-4-7-16(14)17(15)12-13/h2-4,6-7,10-11,13H,1,5,8-9,12H2. The van der Waals surface area contributed by atoms with E-state index in [1.807, 2.05) is 0 Å². The van der Waals surface area contributed by atoms with Gasteiger partial charge in [0.1, 0.15) is 0 Å². The van der Waals surface area contributed by atoms with Crippen molar-refractivity contribution in [3.05, 3.63) is 60.2 Å². The maximum atomic E-state index is 3.87. The van der Waals surface area contributed by atoms with Crippen molar-refractivity contribution >= 4 is 10.8 Å². The molecule has 2 aromatic carbocycles. The minimum atomic E-state index is 0.797. The van der Waals surface area contributed by atoms with Crippen LogP contribution in [0.2, 0.25) is 0 Å². The topological polar surface area (TPSA) is 0 Å². The zero-order valence-electron chi connectivity index (χ0n) is 10.2. The molecule has 0 heterocycles. The molecule has 17 heavy (non-hydrogen) atoms. The molecule has 1 aliphatic carbocycles. The summed E-state index contributed by atoms with van der Waals surface area (Å²) in [4.78, 5) is 0. The molecular weight excluding hydrogens is 204 g/mol. The third kappa shape index (κ3) is 1.88. The molecule has 0 saturated carbocycles. The Morgan fingerprint density at radius 3 is 2.94 bits per heavy atom. The molecule has 0 aliphatic heterocycles. The number of fused-ring (bicyclic) bond motifs is 3. The highest BCUT2D eigenvalue weighted by Gasteiger charge is 2.19. The molecule has 1 unspecified atom stereocenters. The van der Waals surface area contributed by atoms with Gasteiger partial charge in [0.2, 0.25) is 0 Å². The largest absolute Gasteiger partial charge is 0.103 e. The van der Waals surface area contributed by atoms with Gasteiger partial charge in [0, 0.05) is 0 Å². The minimum absolute atomic E-state index is 0.797. The Morgan fingerprint density at radius 2 is 2.06 bits per heavy atom. The van der Waals surface area contributed by atoms with Crippen molar-refractivity contribution in [1.29, 1.82) is 0 Å². The Kier molecular flexibility index (Phi) is 2.72. The zero-order valence-corrected chi connectivity index (χ0v) is 10.2. The fraction of sp³-hybridized carbons (Fsp3) is 0.294. The molecule has 1 atom stereocenters. The third-order valence-corrected chi connectivity index (χ3v) is 3.95. The van der Waals surface area contributed by atoms with Gasteiger partial charge in [-0.2, -0.15) is 0 Å². The van der Waals surface area contributed by atoms with Gasteiger partial charge in [-0.05, 0) is 53.5 Å². The number of allylic oxidation sites excluding steroid dienone is 1. The van der Waals surface area contributed by atoms with E-state index in [1.54, 1.807) is 11.1 Å². The fourth-order valence-corrected chi connectivity index (χ4v) is 3.04. The van der Waals surface area contributed by atoms with Crippen LogP contribution in [0.4, 0.5) is 0 Å². The zero-order chi connectivity index (χ0) is 11.7. The van der Waals surface area contributed by atoms with Crippen molar-refractivity contribution in [3.8, 4) is 0 Å². The van der Waals surface area contributed by atoms with Crippen LogP contribution >= 0.6 is 0 Å². The highest BCUT2D eigenvalue weighted by atomic mass is 14.2. The van der Waals surface area contributed by atoms with Crippen molar-refractivity contribution in [3.63, 3.8) is 0 Å². The first kappa shape index (κ1) is 10.6.